The number of hydrogen-bond donors (Lipinski definition) is 0. The Morgan fingerprint density at radius 2 is 1.82 bits per heavy atom. The zero-order valence-corrected chi connectivity index (χ0v) is 17.5. The van der Waals surface area contributed by atoms with Crippen LogP contribution < -0.4 is 9.47 Å². The number of hydrogen-bond acceptors (Lipinski definition) is 7. The number of methoxy groups -OCH3 is 2. The average Bonchev–Trinajstić information content (AvgIpc) is 3.04. The molecule has 28 heavy (non-hydrogen) atoms. The van der Waals surface area contributed by atoms with Crippen LogP contribution >= 0.6 is 0 Å². The third-order valence-electron chi connectivity index (χ3n) is 4.91. The minimum atomic E-state index is -3.14. The summed E-state index contributed by atoms with van der Waals surface area (Å²) < 4.78 is 39.2. The lowest BCUT2D eigenvalue weighted by Gasteiger charge is -2.33. The number of sulfone groups is 1. The second-order valence-corrected chi connectivity index (χ2v) is 8.96. The molecule has 156 valence electrons. The fourth-order valence-corrected chi connectivity index (χ4v) is 5.04. The molecule has 1 fully saturated rings. The molecule has 0 aromatic heterocycles. The van der Waals surface area contributed by atoms with E-state index in [2.05, 4.69) is 0 Å². The fraction of sp³-hybridized carbons (Fsp3) is 0.579. The Hall–Kier alpha value is -2.29. The summed E-state index contributed by atoms with van der Waals surface area (Å²) in [5, 5.41) is 0. The number of amides is 1. The van der Waals surface area contributed by atoms with E-state index in [9.17, 15) is 18.0 Å². The number of carbonyl (C=O) groups excluding carboxylic acids is 2. The van der Waals surface area contributed by atoms with Gasteiger partial charge in [0.1, 0.15) is 17.1 Å². The Morgan fingerprint density at radius 1 is 1.21 bits per heavy atom. The van der Waals surface area contributed by atoms with Crippen LogP contribution in [0.2, 0.25) is 0 Å². The second-order valence-electron chi connectivity index (χ2n) is 6.73. The predicted molar refractivity (Wildman–Crippen MR) is 103 cm³/mol. The lowest BCUT2D eigenvalue weighted by molar-refractivity contribution is -0.138. The van der Waals surface area contributed by atoms with Crippen LogP contribution in [-0.4, -0.2) is 69.6 Å². The zero-order valence-electron chi connectivity index (χ0n) is 16.6. The Morgan fingerprint density at radius 3 is 2.29 bits per heavy atom. The molecule has 0 aliphatic carbocycles. The molecule has 0 saturated carbocycles. The molecule has 0 unspecified atom stereocenters. The Kier molecular flexibility index (Phi) is 7.29. The van der Waals surface area contributed by atoms with Crippen LogP contribution in [0.15, 0.2) is 18.2 Å². The van der Waals surface area contributed by atoms with Crippen molar-refractivity contribution in [3.8, 4) is 11.5 Å². The van der Waals surface area contributed by atoms with Crippen molar-refractivity contribution >= 4 is 21.7 Å². The SMILES string of the molecule is CC[C@H](C)N(C(=O)COC(=O)c1c(OC)cccc1OC)[C@@H]1CCS(=O)(=O)C1. The quantitative estimate of drug-likeness (QED) is 0.598. The van der Waals surface area contributed by atoms with E-state index in [0.29, 0.717) is 12.8 Å². The van der Waals surface area contributed by atoms with Gasteiger partial charge in [0, 0.05) is 12.1 Å². The molecule has 1 amide bonds. The number of esters is 1. The lowest BCUT2D eigenvalue weighted by atomic mass is 10.1. The van der Waals surface area contributed by atoms with Crippen molar-refractivity contribution in [2.75, 3.05) is 32.3 Å². The van der Waals surface area contributed by atoms with Gasteiger partial charge >= 0.3 is 5.97 Å². The molecule has 1 aliphatic heterocycles. The first-order valence-corrected chi connectivity index (χ1v) is 11.0. The zero-order chi connectivity index (χ0) is 20.9. The van der Waals surface area contributed by atoms with Crippen LogP contribution in [0.3, 0.4) is 0 Å². The van der Waals surface area contributed by atoms with Gasteiger partial charge in [0.15, 0.2) is 16.4 Å². The Bertz CT molecular complexity index is 799. The highest BCUT2D eigenvalue weighted by Crippen LogP contribution is 2.29. The summed E-state index contributed by atoms with van der Waals surface area (Å²) in [4.78, 5) is 26.9. The van der Waals surface area contributed by atoms with E-state index in [1.54, 1.807) is 18.2 Å². The second kappa shape index (κ2) is 9.27. The molecule has 9 heteroatoms. The van der Waals surface area contributed by atoms with Gasteiger partial charge in [-0.25, -0.2) is 13.2 Å². The van der Waals surface area contributed by atoms with Gasteiger partial charge in [0.05, 0.1) is 25.7 Å². The molecule has 1 saturated heterocycles. The number of rotatable bonds is 8. The van der Waals surface area contributed by atoms with Crippen LogP contribution in [0.1, 0.15) is 37.0 Å². The molecule has 1 aromatic carbocycles. The molecule has 0 bridgehead atoms. The van der Waals surface area contributed by atoms with Crippen molar-refractivity contribution in [3.63, 3.8) is 0 Å². The smallest absolute Gasteiger partial charge is 0.346 e. The van der Waals surface area contributed by atoms with Crippen LogP contribution in [-0.2, 0) is 19.4 Å². The highest BCUT2D eigenvalue weighted by molar-refractivity contribution is 7.91. The number of ether oxygens (including phenoxy) is 3. The first-order valence-electron chi connectivity index (χ1n) is 9.13. The van der Waals surface area contributed by atoms with Crippen molar-refractivity contribution in [2.45, 2.75) is 38.8 Å². The largest absolute Gasteiger partial charge is 0.496 e. The summed E-state index contributed by atoms with van der Waals surface area (Å²) in [5.41, 5.74) is 0.0961. The summed E-state index contributed by atoms with van der Waals surface area (Å²) in [7, 11) is -0.306. The third kappa shape index (κ3) is 4.95. The van der Waals surface area contributed by atoms with Crippen molar-refractivity contribution < 1.29 is 32.2 Å². The molecular formula is C19H27NO7S. The van der Waals surface area contributed by atoms with Crippen molar-refractivity contribution in [2.24, 2.45) is 0 Å². The summed E-state index contributed by atoms with van der Waals surface area (Å²) >= 11 is 0. The number of carbonyl (C=O) groups is 2. The molecule has 1 aromatic rings. The normalized spacial score (nSPS) is 18.9. The van der Waals surface area contributed by atoms with Gasteiger partial charge in [-0.1, -0.05) is 13.0 Å². The van der Waals surface area contributed by atoms with Crippen LogP contribution in [0.4, 0.5) is 0 Å². The molecular weight excluding hydrogens is 386 g/mol. The minimum absolute atomic E-state index is 0.0582. The molecule has 0 N–H and O–H groups in total. The maximum absolute atomic E-state index is 12.8. The van der Waals surface area contributed by atoms with E-state index < -0.39 is 34.4 Å². The maximum atomic E-state index is 12.8. The van der Waals surface area contributed by atoms with E-state index in [-0.39, 0.29) is 34.6 Å². The van der Waals surface area contributed by atoms with Gasteiger partial charge in [-0.15, -0.1) is 0 Å². The standard InChI is InChI=1S/C19H27NO7S/c1-5-13(2)20(14-9-10-28(23,24)12-14)17(21)11-27-19(22)18-15(25-3)7-6-8-16(18)26-4/h6-8,13-14H,5,9-12H2,1-4H3/t13-,14+/m0/s1. The summed E-state index contributed by atoms with van der Waals surface area (Å²) in [6.45, 7) is 3.29. The fourth-order valence-electron chi connectivity index (χ4n) is 3.33. The van der Waals surface area contributed by atoms with Crippen molar-refractivity contribution in [3.05, 3.63) is 23.8 Å². The summed E-state index contributed by atoms with van der Waals surface area (Å²) in [6, 6.07) is 4.30. The first-order chi connectivity index (χ1) is 13.2. The highest BCUT2D eigenvalue weighted by Gasteiger charge is 2.37. The average molecular weight is 413 g/mol. The number of benzene rings is 1. The Labute approximate surface area is 165 Å². The lowest BCUT2D eigenvalue weighted by Crippen LogP contribution is -2.48. The molecule has 1 heterocycles. The Balaban J connectivity index is 2.14. The summed E-state index contributed by atoms with van der Waals surface area (Å²) in [5.74, 6) is -0.604. The van der Waals surface area contributed by atoms with E-state index in [0.717, 1.165) is 0 Å². The molecule has 0 spiro atoms. The molecule has 8 nitrogen and oxygen atoms in total. The van der Waals surface area contributed by atoms with Crippen LogP contribution in [0, 0.1) is 0 Å². The minimum Gasteiger partial charge on any atom is -0.496 e. The van der Waals surface area contributed by atoms with E-state index in [1.807, 2.05) is 13.8 Å². The molecule has 0 radical (unpaired) electrons. The van der Waals surface area contributed by atoms with E-state index in [1.165, 1.54) is 19.1 Å². The van der Waals surface area contributed by atoms with Gasteiger partial charge in [-0.05, 0) is 31.9 Å². The van der Waals surface area contributed by atoms with Crippen LogP contribution in [0.25, 0.3) is 0 Å². The topological polar surface area (TPSA) is 99.2 Å². The van der Waals surface area contributed by atoms with Gasteiger partial charge in [0.2, 0.25) is 0 Å². The van der Waals surface area contributed by atoms with Gasteiger partial charge in [0.25, 0.3) is 5.91 Å². The maximum Gasteiger partial charge on any atom is 0.346 e. The first kappa shape index (κ1) is 22.0. The van der Waals surface area contributed by atoms with Crippen molar-refractivity contribution in [1.82, 2.24) is 4.90 Å². The monoisotopic (exact) mass is 413 g/mol. The highest BCUT2D eigenvalue weighted by atomic mass is 32.2. The predicted octanol–water partition coefficient (Wildman–Crippen LogP) is 1.67. The molecule has 2 rings (SSSR count). The van der Waals surface area contributed by atoms with Gasteiger partial charge < -0.3 is 19.1 Å². The van der Waals surface area contributed by atoms with Gasteiger partial charge in [-0.2, -0.15) is 0 Å². The van der Waals surface area contributed by atoms with E-state index >= 15 is 0 Å². The van der Waals surface area contributed by atoms with Gasteiger partial charge in [-0.3, -0.25) is 4.79 Å². The molecule has 1 aliphatic rings. The third-order valence-corrected chi connectivity index (χ3v) is 6.66. The number of nitrogens with zero attached hydrogens (tertiary/aromatic N) is 1. The summed E-state index contributed by atoms with van der Waals surface area (Å²) in [6.07, 6.45) is 1.06. The van der Waals surface area contributed by atoms with E-state index in [4.69, 9.17) is 14.2 Å². The van der Waals surface area contributed by atoms with Crippen molar-refractivity contribution in [1.29, 1.82) is 0 Å². The molecule has 2 atom stereocenters. The van der Waals surface area contributed by atoms with Crippen LogP contribution in [0.5, 0.6) is 11.5 Å².